The van der Waals surface area contributed by atoms with Gasteiger partial charge in [0, 0.05) is 19.7 Å². The number of carboxylic acids is 1. The smallest absolute Gasteiger partial charge is 0.356 e. The molecule has 1 rings (SSSR count). The summed E-state index contributed by atoms with van der Waals surface area (Å²) < 4.78 is 5.06. The Balaban J connectivity index is 2.96. The number of aromatic carboxylic acids is 1. The molecule has 1 atom stereocenters. The van der Waals surface area contributed by atoms with Gasteiger partial charge < -0.3 is 14.7 Å². The number of hydrogen-bond donors (Lipinski definition) is 1. The van der Waals surface area contributed by atoms with E-state index < -0.39 is 5.97 Å². The van der Waals surface area contributed by atoms with Crippen molar-refractivity contribution in [3.8, 4) is 0 Å². The van der Waals surface area contributed by atoms with E-state index in [0.29, 0.717) is 19.0 Å². The number of methoxy groups -OCH3 is 1. The van der Waals surface area contributed by atoms with Gasteiger partial charge in [0.25, 0.3) is 0 Å². The van der Waals surface area contributed by atoms with Crippen molar-refractivity contribution in [2.45, 2.75) is 26.3 Å². The molecule has 0 saturated carbocycles. The summed E-state index contributed by atoms with van der Waals surface area (Å²) in [5, 5.41) is 8.92. The molecule has 1 aromatic rings. The molecule has 0 spiro atoms. The Hall–Kier alpha value is -1.69. The van der Waals surface area contributed by atoms with Crippen molar-refractivity contribution in [1.29, 1.82) is 0 Å². The first-order valence-electron chi connectivity index (χ1n) is 5.91. The number of hydrogen-bond acceptors (Lipinski definition) is 5. The van der Waals surface area contributed by atoms with Gasteiger partial charge in [0.15, 0.2) is 5.69 Å². The minimum atomic E-state index is -1.07. The predicted octanol–water partition coefficient (Wildman–Crippen LogP) is 1.43. The summed E-state index contributed by atoms with van der Waals surface area (Å²) in [6, 6.07) is 0.249. The zero-order valence-electron chi connectivity index (χ0n) is 11.0. The second-order valence-electron chi connectivity index (χ2n) is 4.01. The van der Waals surface area contributed by atoms with Gasteiger partial charge in [-0.3, -0.25) is 4.98 Å². The average Bonchev–Trinajstić information content (AvgIpc) is 2.39. The predicted molar refractivity (Wildman–Crippen MR) is 68.0 cm³/mol. The van der Waals surface area contributed by atoms with Crippen molar-refractivity contribution in [2.24, 2.45) is 0 Å². The lowest BCUT2D eigenvalue weighted by molar-refractivity contribution is 0.0690. The highest BCUT2D eigenvalue weighted by Crippen LogP contribution is 2.15. The van der Waals surface area contributed by atoms with Gasteiger partial charge >= 0.3 is 5.97 Å². The maximum Gasteiger partial charge on any atom is 0.356 e. The largest absolute Gasteiger partial charge is 0.476 e. The van der Waals surface area contributed by atoms with Gasteiger partial charge in [0.1, 0.15) is 5.82 Å². The van der Waals surface area contributed by atoms with Gasteiger partial charge in [-0.25, -0.2) is 9.78 Å². The zero-order chi connectivity index (χ0) is 13.5. The maximum absolute atomic E-state index is 10.9. The molecule has 0 aliphatic heterocycles. The molecule has 0 saturated heterocycles. The minimum Gasteiger partial charge on any atom is -0.476 e. The van der Waals surface area contributed by atoms with Crippen LogP contribution in [0.4, 0.5) is 5.82 Å². The van der Waals surface area contributed by atoms with Gasteiger partial charge in [-0.2, -0.15) is 0 Å². The topological polar surface area (TPSA) is 75.5 Å². The lowest BCUT2D eigenvalue weighted by atomic mass is 10.2. The van der Waals surface area contributed by atoms with Crippen LogP contribution in [0.3, 0.4) is 0 Å². The number of ether oxygens (including phenoxy) is 1. The highest BCUT2D eigenvalue weighted by molar-refractivity contribution is 5.85. The quantitative estimate of drug-likeness (QED) is 0.792. The number of carbonyl (C=O) groups is 1. The standard InChI is InChI=1S/C12H19N3O3/c1-4-9(2)15(5-6-18-3)11-8-13-7-10(14-11)12(16)17/h7-9H,4-6H2,1-3H3,(H,16,17). The van der Waals surface area contributed by atoms with E-state index in [1.807, 2.05) is 4.90 Å². The number of rotatable bonds is 7. The molecule has 0 radical (unpaired) electrons. The van der Waals surface area contributed by atoms with Crippen LogP contribution in [0.2, 0.25) is 0 Å². The van der Waals surface area contributed by atoms with E-state index in [4.69, 9.17) is 9.84 Å². The molecule has 1 heterocycles. The van der Waals surface area contributed by atoms with Crippen LogP contribution in [0.25, 0.3) is 0 Å². The Bertz CT molecular complexity index is 398. The maximum atomic E-state index is 10.9. The van der Waals surface area contributed by atoms with Gasteiger partial charge in [0.2, 0.25) is 0 Å². The molecule has 0 bridgehead atoms. The molecule has 0 aliphatic carbocycles. The van der Waals surface area contributed by atoms with E-state index in [1.54, 1.807) is 13.3 Å². The van der Waals surface area contributed by atoms with E-state index in [2.05, 4.69) is 23.8 Å². The second kappa shape index (κ2) is 6.90. The molecule has 1 unspecified atom stereocenters. The van der Waals surface area contributed by atoms with Crippen molar-refractivity contribution in [3.05, 3.63) is 18.1 Å². The van der Waals surface area contributed by atoms with Crippen molar-refractivity contribution >= 4 is 11.8 Å². The highest BCUT2D eigenvalue weighted by Gasteiger charge is 2.16. The zero-order valence-corrected chi connectivity index (χ0v) is 11.0. The third-order valence-corrected chi connectivity index (χ3v) is 2.79. The van der Waals surface area contributed by atoms with E-state index in [9.17, 15) is 4.79 Å². The lowest BCUT2D eigenvalue weighted by Crippen LogP contribution is -2.36. The Morgan fingerprint density at radius 2 is 2.28 bits per heavy atom. The van der Waals surface area contributed by atoms with Crippen LogP contribution < -0.4 is 4.90 Å². The summed E-state index contributed by atoms with van der Waals surface area (Å²) in [5.41, 5.74) is -0.0433. The van der Waals surface area contributed by atoms with Crippen LogP contribution in [0, 0.1) is 0 Å². The minimum absolute atomic E-state index is 0.0433. The van der Waals surface area contributed by atoms with Gasteiger partial charge in [0.05, 0.1) is 19.0 Å². The Morgan fingerprint density at radius 3 is 2.83 bits per heavy atom. The fourth-order valence-corrected chi connectivity index (χ4v) is 1.57. The second-order valence-corrected chi connectivity index (χ2v) is 4.01. The molecule has 0 aliphatic rings. The van der Waals surface area contributed by atoms with Crippen LogP contribution in [0.5, 0.6) is 0 Å². The molecular formula is C12H19N3O3. The Morgan fingerprint density at radius 1 is 1.56 bits per heavy atom. The third kappa shape index (κ3) is 3.66. The summed E-state index contributed by atoms with van der Waals surface area (Å²) in [7, 11) is 1.63. The molecule has 6 heteroatoms. The summed E-state index contributed by atoms with van der Waals surface area (Å²) in [5.74, 6) is -0.499. The van der Waals surface area contributed by atoms with Crippen molar-refractivity contribution < 1.29 is 14.6 Å². The SMILES string of the molecule is CCC(C)N(CCOC)c1cncc(C(=O)O)n1. The molecule has 100 valence electrons. The van der Waals surface area contributed by atoms with Crippen LogP contribution in [-0.2, 0) is 4.74 Å². The van der Waals surface area contributed by atoms with Crippen LogP contribution in [-0.4, -0.2) is 47.3 Å². The summed E-state index contributed by atoms with van der Waals surface area (Å²) >= 11 is 0. The number of carboxylic acid groups (broad SMARTS) is 1. The van der Waals surface area contributed by atoms with Crippen molar-refractivity contribution in [3.63, 3.8) is 0 Å². The summed E-state index contributed by atoms with van der Waals surface area (Å²) in [6.07, 6.45) is 3.76. The monoisotopic (exact) mass is 253 g/mol. The molecule has 1 aromatic heterocycles. The number of aromatic nitrogens is 2. The molecular weight excluding hydrogens is 234 g/mol. The van der Waals surface area contributed by atoms with E-state index in [0.717, 1.165) is 6.42 Å². The summed E-state index contributed by atoms with van der Waals surface area (Å²) in [4.78, 5) is 20.9. The van der Waals surface area contributed by atoms with Gasteiger partial charge in [-0.1, -0.05) is 6.92 Å². The third-order valence-electron chi connectivity index (χ3n) is 2.79. The van der Waals surface area contributed by atoms with Gasteiger partial charge in [-0.15, -0.1) is 0 Å². The molecule has 6 nitrogen and oxygen atoms in total. The van der Waals surface area contributed by atoms with Crippen LogP contribution >= 0.6 is 0 Å². The van der Waals surface area contributed by atoms with Gasteiger partial charge in [-0.05, 0) is 13.3 Å². The number of nitrogens with zero attached hydrogens (tertiary/aromatic N) is 3. The number of anilines is 1. The van der Waals surface area contributed by atoms with E-state index in [1.165, 1.54) is 6.20 Å². The first-order valence-corrected chi connectivity index (χ1v) is 5.91. The highest BCUT2D eigenvalue weighted by atomic mass is 16.5. The van der Waals surface area contributed by atoms with Crippen LogP contribution in [0.15, 0.2) is 12.4 Å². The Labute approximate surface area is 107 Å². The molecule has 1 N–H and O–H groups in total. The average molecular weight is 253 g/mol. The van der Waals surface area contributed by atoms with E-state index in [-0.39, 0.29) is 11.7 Å². The molecule has 18 heavy (non-hydrogen) atoms. The van der Waals surface area contributed by atoms with E-state index >= 15 is 0 Å². The normalized spacial score (nSPS) is 12.2. The Kier molecular flexibility index (Phi) is 5.51. The fraction of sp³-hybridized carbons (Fsp3) is 0.583. The van der Waals surface area contributed by atoms with Crippen molar-refractivity contribution in [2.75, 3.05) is 25.2 Å². The summed E-state index contributed by atoms with van der Waals surface area (Å²) in [6.45, 7) is 5.34. The van der Waals surface area contributed by atoms with Crippen LogP contribution in [0.1, 0.15) is 30.8 Å². The molecule has 0 amide bonds. The molecule has 0 aromatic carbocycles. The fourth-order valence-electron chi connectivity index (χ4n) is 1.57. The van der Waals surface area contributed by atoms with Crippen molar-refractivity contribution in [1.82, 2.24) is 9.97 Å². The first kappa shape index (κ1) is 14.4. The molecule has 0 fully saturated rings. The first-order chi connectivity index (χ1) is 8.60. The lowest BCUT2D eigenvalue weighted by Gasteiger charge is -2.29.